The van der Waals surface area contributed by atoms with Gasteiger partial charge in [-0.1, -0.05) is 108 Å². The number of esters is 6. The number of rotatable bonds is 42. The van der Waals surface area contributed by atoms with Crippen LogP contribution in [0.4, 0.5) is 0 Å². The van der Waals surface area contributed by atoms with Gasteiger partial charge in [0.1, 0.15) is 82.2 Å². The van der Waals surface area contributed by atoms with Gasteiger partial charge in [0, 0.05) is 24.9 Å². The van der Waals surface area contributed by atoms with Gasteiger partial charge in [0.05, 0.1) is 88.9 Å². The maximum absolute atomic E-state index is 15.0. The van der Waals surface area contributed by atoms with Crippen molar-refractivity contribution in [2.24, 2.45) is 33.5 Å². The Morgan fingerprint density at radius 1 is 0.413 bits per heavy atom. The molecule has 0 aromatic heterocycles. The average Bonchev–Trinajstić information content (AvgIpc) is 1.57. The molecule has 25 nitrogen and oxygen atoms in total. The number of carbonyl (C=O) groups is 11. The summed E-state index contributed by atoms with van der Waals surface area (Å²) < 4.78 is 55.8. The summed E-state index contributed by atoms with van der Waals surface area (Å²) in [7, 11) is 0. The zero-order valence-corrected chi connectivity index (χ0v) is 64.6. The highest BCUT2D eigenvalue weighted by atomic mass is 79.9. The first-order valence-electron chi connectivity index (χ1n) is 29.8. The van der Waals surface area contributed by atoms with E-state index in [4.69, 9.17) is 52.1 Å². The van der Waals surface area contributed by atoms with Crippen LogP contribution >= 0.6 is 95.6 Å². The van der Waals surface area contributed by atoms with Gasteiger partial charge in [-0.3, -0.25) is 57.6 Å². The van der Waals surface area contributed by atoms with Crippen molar-refractivity contribution in [1.82, 2.24) is 15.5 Å². The van der Waals surface area contributed by atoms with Gasteiger partial charge in [-0.05, 0) is 110 Å². The molecule has 4 amide bonds. The summed E-state index contributed by atoms with van der Waals surface area (Å²) in [5.74, 6) is -8.23. The van der Waals surface area contributed by atoms with Crippen molar-refractivity contribution >= 4 is 161 Å². The number of hydrogen-bond acceptors (Lipinski definition) is 22. The van der Waals surface area contributed by atoms with Gasteiger partial charge in [-0.25, -0.2) is 0 Å². The number of ketones is 1. The molecular weight excluding hydrogens is 1610 g/mol. The van der Waals surface area contributed by atoms with Crippen LogP contribution in [0.5, 0.6) is 0 Å². The Morgan fingerprint density at radius 3 is 0.978 bits per heavy atom. The van der Waals surface area contributed by atoms with E-state index in [1.165, 1.54) is 81.1 Å². The van der Waals surface area contributed by atoms with Crippen molar-refractivity contribution in [1.29, 1.82) is 0 Å². The summed E-state index contributed by atoms with van der Waals surface area (Å²) in [6.45, 7) is 18.5. The van der Waals surface area contributed by atoms with Gasteiger partial charge >= 0.3 is 35.8 Å². The van der Waals surface area contributed by atoms with Gasteiger partial charge in [0.15, 0.2) is 0 Å². The largest absolute Gasteiger partial charge is 0.463 e. The Kier molecular flexibility index (Phi) is 31.2. The van der Waals surface area contributed by atoms with Crippen LogP contribution in [-0.4, -0.2) is 220 Å². The number of carbonyl (C=O) groups excluding carboxylic acids is 11. The fraction of sp³-hybridized carbons (Fsp3) is 0.787. The standard InChI is InChI=1S/C61H91Br6N3O22/c1-52(2,62)46(76)86-30-58(13,31-87-47(77)53(3,4)63)39(71)18-19-61(28-68-44(74)59(14,32-88-48(78)54(5,6)64)33-89-49(79)55(7,8)65,29-69-45(75)60(15,34-90-50(80)56(9,10)66)35-91-51(81)57(11,12)67)36-85-27-26-84-25-24-83-23-22-82-21-20-70-42(72)40-37-16-17-38(92-37)41(40)43(70)73/h16-17,37-38,40-41H,18-36H2,1-15H3,(H,68,74)(H,69,75). The molecule has 0 aliphatic carbocycles. The highest BCUT2D eigenvalue weighted by molar-refractivity contribution is 9.11. The molecule has 0 saturated carbocycles. The summed E-state index contributed by atoms with van der Waals surface area (Å²) in [6.07, 6.45) is 2.20. The molecule has 3 aliphatic rings. The van der Waals surface area contributed by atoms with Crippen molar-refractivity contribution in [3.05, 3.63) is 12.2 Å². The van der Waals surface area contributed by atoms with E-state index in [1.54, 1.807) is 27.7 Å². The molecule has 92 heavy (non-hydrogen) atoms. The van der Waals surface area contributed by atoms with E-state index in [-0.39, 0.29) is 89.8 Å². The zero-order chi connectivity index (χ0) is 70.3. The number of alkyl halides is 6. The van der Waals surface area contributed by atoms with Crippen LogP contribution in [0.25, 0.3) is 0 Å². The van der Waals surface area contributed by atoms with E-state index in [0.717, 1.165) is 0 Å². The quantitative estimate of drug-likeness (QED) is 0.0157. The average molecular weight is 1700 g/mol. The van der Waals surface area contributed by atoms with Crippen molar-refractivity contribution in [3.63, 3.8) is 0 Å². The van der Waals surface area contributed by atoms with Gasteiger partial charge in [-0.2, -0.15) is 0 Å². The van der Waals surface area contributed by atoms with Crippen LogP contribution in [0.2, 0.25) is 0 Å². The molecule has 2 bridgehead atoms. The van der Waals surface area contributed by atoms with Crippen molar-refractivity contribution in [2.45, 2.75) is 155 Å². The van der Waals surface area contributed by atoms with Crippen LogP contribution in [-0.2, 0) is 105 Å². The van der Waals surface area contributed by atoms with Crippen LogP contribution in [0.15, 0.2) is 12.2 Å². The number of halogens is 6. The van der Waals surface area contributed by atoms with E-state index >= 15 is 0 Å². The number of nitrogens with one attached hydrogen (secondary N) is 2. The van der Waals surface area contributed by atoms with Gasteiger partial charge in [0.2, 0.25) is 23.6 Å². The number of hydrogen-bond donors (Lipinski definition) is 2. The molecule has 3 rings (SSSR count). The summed E-state index contributed by atoms with van der Waals surface area (Å²) in [4.78, 5) is 151. The van der Waals surface area contributed by atoms with Crippen molar-refractivity contribution in [2.75, 3.05) is 112 Å². The molecule has 0 spiro atoms. The van der Waals surface area contributed by atoms with E-state index < -0.39 is 172 Å². The number of amides is 4. The first-order chi connectivity index (χ1) is 42.0. The maximum Gasteiger partial charge on any atom is 0.322 e. The predicted octanol–water partition coefficient (Wildman–Crippen LogP) is 6.88. The smallest absolute Gasteiger partial charge is 0.322 e. The first-order valence-corrected chi connectivity index (χ1v) is 34.6. The fourth-order valence-corrected chi connectivity index (χ4v) is 9.36. The monoisotopic (exact) mass is 1690 g/mol. The zero-order valence-electron chi connectivity index (χ0n) is 55.1. The number of nitrogens with zero attached hydrogens (tertiary/aromatic N) is 1. The molecule has 524 valence electrons. The molecule has 2 N–H and O–H groups in total. The lowest BCUT2D eigenvalue weighted by Gasteiger charge is -2.38. The van der Waals surface area contributed by atoms with Crippen LogP contribution in [0.1, 0.15) is 117 Å². The molecule has 0 radical (unpaired) electrons. The molecule has 0 aromatic carbocycles. The second kappa shape index (κ2) is 34.5. The minimum absolute atomic E-state index is 0.0241. The summed E-state index contributed by atoms with van der Waals surface area (Å²) in [5.41, 5.74) is -6.85. The Hall–Kier alpha value is -3.01. The Labute approximate surface area is 589 Å². The highest BCUT2D eigenvalue weighted by Crippen LogP contribution is 2.45. The normalized spacial score (nSPS) is 18.1. The van der Waals surface area contributed by atoms with Crippen LogP contribution in [0.3, 0.4) is 0 Å². The third-order valence-corrected chi connectivity index (χ3v) is 16.9. The molecule has 31 heteroatoms. The maximum atomic E-state index is 15.0. The molecular formula is C61H91Br6N3O22. The first kappa shape index (κ1) is 83.2. The third kappa shape index (κ3) is 25.4. The Morgan fingerprint density at radius 2 is 0.685 bits per heavy atom. The highest BCUT2D eigenvalue weighted by Gasteiger charge is 2.60. The van der Waals surface area contributed by atoms with Crippen LogP contribution < -0.4 is 10.6 Å². The number of ether oxygens (including phenoxy) is 11. The Balaban J connectivity index is 2.02. The number of fused-ring (bicyclic) bond motifs is 5. The van der Waals surface area contributed by atoms with Gasteiger partial charge in [-0.15, -0.1) is 0 Å². The van der Waals surface area contributed by atoms with E-state index in [9.17, 15) is 52.7 Å². The summed E-state index contributed by atoms with van der Waals surface area (Å²) in [5, 5.41) is 5.77. The second-order valence-corrected chi connectivity index (χ2v) is 38.9. The second-order valence-electron chi connectivity index (χ2n) is 27.0. The number of likely N-dealkylation sites (tertiary alicyclic amines) is 1. The van der Waals surface area contributed by atoms with Crippen molar-refractivity contribution < 1.29 is 105 Å². The topological polar surface area (TPSA) is 317 Å². The molecule has 3 aliphatic heterocycles. The third-order valence-electron chi connectivity index (χ3n) is 14.9. The minimum Gasteiger partial charge on any atom is -0.463 e. The molecule has 0 aromatic rings. The molecule has 3 heterocycles. The number of Topliss-reactive ketones (excluding diaryl/α,β-unsaturated/α-hetero) is 1. The van der Waals surface area contributed by atoms with E-state index in [2.05, 4.69) is 106 Å². The lowest BCUT2D eigenvalue weighted by atomic mass is 9.77. The fourth-order valence-electron chi connectivity index (χ4n) is 8.67. The summed E-state index contributed by atoms with van der Waals surface area (Å²) >= 11 is 19.7. The van der Waals surface area contributed by atoms with Gasteiger partial charge < -0.3 is 62.7 Å². The van der Waals surface area contributed by atoms with E-state index in [1.807, 2.05) is 12.2 Å². The SMILES string of the molecule is CC(C)(Br)C(=O)OCC(C)(COC(=O)C(C)(C)Br)C(=O)CCC(CNC(=O)C(C)(COC(=O)C(C)(C)Br)COC(=O)C(C)(C)Br)(CNC(=O)C(C)(COC(=O)C(C)(C)Br)COC(=O)C(C)(C)Br)COCCOCCOCCOCCN1C(=O)C2C3C=CC(O3)C2C1=O. The van der Waals surface area contributed by atoms with Crippen LogP contribution in [0, 0.1) is 33.5 Å². The lowest BCUT2D eigenvalue weighted by molar-refractivity contribution is -0.161. The molecule has 2 fully saturated rings. The number of imide groups is 1. The van der Waals surface area contributed by atoms with Gasteiger partial charge in [0.25, 0.3) is 0 Å². The Bertz CT molecular complexity index is 2340. The summed E-state index contributed by atoms with van der Waals surface area (Å²) in [6, 6.07) is 0. The van der Waals surface area contributed by atoms with Crippen molar-refractivity contribution in [3.8, 4) is 0 Å². The lowest BCUT2D eigenvalue weighted by Crippen LogP contribution is -2.55. The van der Waals surface area contributed by atoms with E-state index in [0.29, 0.717) is 0 Å². The minimum atomic E-state index is -1.80. The molecule has 4 atom stereocenters. The molecule has 4 unspecified atom stereocenters. The molecule has 2 saturated heterocycles. The predicted molar refractivity (Wildman–Crippen MR) is 356 cm³/mol.